The minimum Gasteiger partial charge on any atom is -0.508 e. The maximum absolute atomic E-state index is 9.69. The van der Waals surface area contributed by atoms with Gasteiger partial charge >= 0.3 is 0 Å². The van der Waals surface area contributed by atoms with Gasteiger partial charge in [0.25, 0.3) is 0 Å². The van der Waals surface area contributed by atoms with E-state index in [1.54, 1.807) is 6.07 Å². The third-order valence-corrected chi connectivity index (χ3v) is 3.73. The quantitative estimate of drug-likeness (QED) is 0.707. The lowest BCUT2D eigenvalue weighted by Gasteiger charge is -2.12. The van der Waals surface area contributed by atoms with Gasteiger partial charge in [-0.25, -0.2) is 0 Å². The summed E-state index contributed by atoms with van der Waals surface area (Å²) in [7, 11) is 0. The van der Waals surface area contributed by atoms with Crippen LogP contribution in [0.2, 0.25) is 0 Å². The van der Waals surface area contributed by atoms with Crippen molar-refractivity contribution in [1.82, 2.24) is 4.98 Å². The maximum Gasteiger partial charge on any atom is 0.118 e. The zero-order chi connectivity index (χ0) is 14.8. The molecule has 0 aliphatic heterocycles. The van der Waals surface area contributed by atoms with Gasteiger partial charge in [-0.1, -0.05) is 12.1 Å². The molecule has 2 aromatic carbocycles. The predicted molar refractivity (Wildman–Crippen MR) is 86.7 cm³/mol. The lowest BCUT2D eigenvalue weighted by Crippen LogP contribution is -2.01. The summed E-state index contributed by atoms with van der Waals surface area (Å²) < 4.78 is 0. The minimum atomic E-state index is 0.344. The van der Waals surface area contributed by atoms with Crippen LogP contribution < -0.4 is 5.32 Å². The van der Waals surface area contributed by atoms with E-state index in [0.717, 1.165) is 28.7 Å². The van der Waals surface area contributed by atoms with Crippen molar-refractivity contribution in [2.24, 2.45) is 0 Å². The normalized spacial score (nSPS) is 10.8. The molecule has 0 saturated heterocycles. The second kappa shape index (κ2) is 5.44. The monoisotopic (exact) mass is 278 g/mol. The molecule has 0 aliphatic rings. The molecule has 0 saturated carbocycles. The highest BCUT2D eigenvalue weighted by molar-refractivity contribution is 5.82. The number of rotatable bonds is 3. The van der Waals surface area contributed by atoms with Crippen molar-refractivity contribution in [3.63, 3.8) is 0 Å². The highest BCUT2D eigenvalue weighted by atomic mass is 16.3. The van der Waals surface area contributed by atoms with Gasteiger partial charge < -0.3 is 10.4 Å². The molecule has 0 unspecified atom stereocenters. The first-order valence-corrected chi connectivity index (χ1v) is 7.00. The molecule has 0 amide bonds. The fraction of sp³-hybridized carbons (Fsp3) is 0.167. The SMILES string of the molecule is Cc1cc(NCc2ccc3cnccc3c2)c(C)cc1O. The topological polar surface area (TPSA) is 45.2 Å². The molecule has 0 atom stereocenters. The standard InChI is InChI=1S/C18H18N2O/c1-12-8-18(21)13(2)7-17(12)20-10-14-3-4-16-11-19-6-5-15(16)9-14/h3-9,11,20-21H,10H2,1-2H3. The van der Waals surface area contributed by atoms with Crippen molar-refractivity contribution in [1.29, 1.82) is 0 Å². The summed E-state index contributed by atoms with van der Waals surface area (Å²) in [5, 5.41) is 15.5. The number of hydrogen-bond acceptors (Lipinski definition) is 3. The molecule has 3 aromatic rings. The number of aromatic nitrogens is 1. The van der Waals surface area contributed by atoms with Gasteiger partial charge in [0.05, 0.1) is 0 Å². The number of nitrogens with zero attached hydrogens (tertiary/aromatic N) is 1. The number of anilines is 1. The number of phenols is 1. The molecule has 2 N–H and O–H groups in total. The molecule has 0 aliphatic carbocycles. The number of nitrogens with one attached hydrogen (secondary N) is 1. The Morgan fingerprint density at radius 2 is 1.86 bits per heavy atom. The van der Waals surface area contributed by atoms with Crippen LogP contribution in [0.3, 0.4) is 0 Å². The maximum atomic E-state index is 9.69. The highest BCUT2D eigenvalue weighted by Gasteiger charge is 2.03. The second-order valence-corrected chi connectivity index (χ2v) is 5.36. The second-order valence-electron chi connectivity index (χ2n) is 5.36. The van der Waals surface area contributed by atoms with Gasteiger partial charge in [-0.2, -0.15) is 0 Å². The van der Waals surface area contributed by atoms with Crippen LogP contribution in [0.15, 0.2) is 48.8 Å². The van der Waals surface area contributed by atoms with E-state index in [9.17, 15) is 5.11 Å². The van der Waals surface area contributed by atoms with E-state index in [4.69, 9.17) is 0 Å². The Morgan fingerprint density at radius 1 is 1.00 bits per heavy atom. The minimum absolute atomic E-state index is 0.344. The number of benzene rings is 2. The van der Waals surface area contributed by atoms with E-state index in [2.05, 4.69) is 28.5 Å². The number of aromatic hydroxyl groups is 1. The van der Waals surface area contributed by atoms with Crippen molar-refractivity contribution >= 4 is 16.5 Å². The summed E-state index contributed by atoms with van der Waals surface area (Å²) in [6, 6.07) is 12.2. The molecule has 0 fully saturated rings. The zero-order valence-electron chi connectivity index (χ0n) is 12.2. The Morgan fingerprint density at radius 3 is 2.71 bits per heavy atom. The van der Waals surface area contributed by atoms with Crippen LogP contribution in [0.4, 0.5) is 5.69 Å². The molecule has 0 bridgehead atoms. The fourth-order valence-corrected chi connectivity index (χ4v) is 2.43. The molecule has 106 valence electrons. The Balaban J connectivity index is 1.81. The molecule has 3 rings (SSSR count). The number of phenolic OH excluding ortho intramolecular Hbond substituents is 1. The van der Waals surface area contributed by atoms with E-state index in [1.807, 2.05) is 38.4 Å². The average Bonchev–Trinajstić information content (AvgIpc) is 2.49. The van der Waals surface area contributed by atoms with Crippen molar-refractivity contribution in [2.75, 3.05) is 5.32 Å². The average molecular weight is 278 g/mol. The molecule has 1 heterocycles. The van der Waals surface area contributed by atoms with Crippen molar-refractivity contribution in [2.45, 2.75) is 20.4 Å². The van der Waals surface area contributed by atoms with Gasteiger partial charge in [0.1, 0.15) is 5.75 Å². The van der Waals surface area contributed by atoms with Gasteiger partial charge in [-0.05, 0) is 60.2 Å². The molecule has 0 spiro atoms. The Kier molecular flexibility index (Phi) is 3.48. The summed E-state index contributed by atoms with van der Waals surface area (Å²) >= 11 is 0. The van der Waals surface area contributed by atoms with Crippen molar-refractivity contribution in [3.05, 3.63) is 65.5 Å². The fourth-order valence-electron chi connectivity index (χ4n) is 2.43. The zero-order valence-corrected chi connectivity index (χ0v) is 12.2. The first-order valence-electron chi connectivity index (χ1n) is 7.00. The third kappa shape index (κ3) is 2.82. The molecular weight excluding hydrogens is 260 g/mol. The van der Waals surface area contributed by atoms with Gasteiger partial charge in [-0.15, -0.1) is 0 Å². The lowest BCUT2D eigenvalue weighted by atomic mass is 10.1. The lowest BCUT2D eigenvalue weighted by molar-refractivity contribution is 0.471. The third-order valence-electron chi connectivity index (χ3n) is 3.73. The number of hydrogen-bond donors (Lipinski definition) is 2. The van der Waals surface area contributed by atoms with Crippen LogP contribution in [-0.2, 0) is 6.54 Å². The molecular formula is C18H18N2O. The van der Waals surface area contributed by atoms with Gasteiger partial charge in [0.15, 0.2) is 0 Å². The van der Waals surface area contributed by atoms with Crippen LogP contribution in [0, 0.1) is 13.8 Å². The highest BCUT2D eigenvalue weighted by Crippen LogP contribution is 2.25. The van der Waals surface area contributed by atoms with Crippen LogP contribution in [0.5, 0.6) is 5.75 Å². The van der Waals surface area contributed by atoms with Crippen LogP contribution in [0.25, 0.3) is 10.8 Å². The van der Waals surface area contributed by atoms with E-state index in [0.29, 0.717) is 5.75 Å². The van der Waals surface area contributed by atoms with Crippen LogP contribution in [-0.4, -0.2) is 10.1 Å². The largest absolute Gasteiger partial charge is 0.508 e. The van der Waals surface area contributed by atoms with E-state index >= 15 is 0 Å². The van der Waals surface area contributed by atoms with E-state index in [1.165, 1.54) is 10.9 Å². The molecule has 3 nitrogen and oxygen atoms in total. The Bertz CT molecular complexity index is 796. The van der Waals surface area contributed by atoms with E-state index < -0.39 is 0 Å². The first-order chi connectivity index (χ1) is 10.1. The molecule has 3 heteroatoms. The summed E-state index contributed by atoms with van der Waals surface area (Å²) in [5.41, 5.74) is 4.20. The van der Waals surface area contributed by atoms with Crippen LogP contribution in [0.1, 0.15) is 16.7 Å². The van der Waals surface area contributed by atoms with Crippen LogP contribution >= 0.6 is 0 Å². The van der Waals surface area contributed by atoms with Gasteiger partial charge in [0.2, 0.25) is 0 Å². The summed E-state index contributed by atoms with van der Waals surface area (Å²) in [5.74, 6) is 0.344. The van der Waals surface area contributed by atoms with Crippen molar-refractivity contribution < 1.29 is 5.11 Å². The molecule has 0 radical (unpaired) electrons. The van der Waals surface area contributed by atoms with Gasteiger partial charge in [-0.3, -0.25) is 4.98 Å². The summed E-state index contributed by atoms with van der Waals surface area (Å²) in [4.78, 5) is 4.13. The Labute approximate surface area is 124 Å². The molecule has 1 aromatic heterocycles. The summed E-state index contributed by atoms with van der Waals surface area (Å²) in [6.07, 6.45) is 3.69. The summed E-state index contributed by atoms with van der Waals surface area (Å²) in [6.45, 7) is 4.65. The molecule has 21 heavy (non-hydrogen) atoms. The Hall–Kier alpha value is -2.55. The van der Waals surface area contributed by atoms with Gasteiger partial charge in [0, 0.05) is 30.0 Å². The number of pyridine rings is 1. The first kappa shape index (κ1) is 13.4. The number of fused-ring (bicyclic) bond motifs is 1. The number of aryl methyl sites for hydroxylation is 2. The smallest absolute Gasteiger partial charge is 0.118 e. The van der Waals surface area contributed by atoms with Crippen molar-refractivity contribution in [3.8, 4) is 5.75 Å². The van der Waals surface area contributed by atoms with E-state index in [-0.39, 0.29) is 0 Å². The predicted octanol–water partition coefficient (Wildman–Crippen LogP) is 4.17.